The van der Waals surface area contributed by atoms with Gasteiger partial charge < -0.3 is 20.3 Å². The van der Waals surface area contributed by atoms with Crippen molar-refractivity contribution in [3.63, 3.8) is 0 Å². The normalized spacial score (nSPS) is 14.8. The summed E-state index contributed by atoms with van der Waals surface area (Å²) in [4.78, 5) is 15.0. The summed E-state index contributed by atoms with van der Waals surface area (Å²) >= 11 is 0. The zero-order chi connectivity index (χ0) is 16.8. The van der Waals surface area contributed by atoms with E-state index >= 15 is 0 Å². The van der Waals surface area contributed by atoms with Crippen LogP contribution in [-0.2, 0) is 0 Å². The van der Waals surface area contributed by atoms with Crippen molar-refractivity contribution in [3.05, 3.63) is 42.0 Å². The number of hydrogen-bond donors (Lipinski definition) is 2. The summed E-state index contributed by atoms with van der Waals surface area (Å²) in [5.74, 6) is 0.773. The van der Waals surface area contributed by atoms with E-state index in [2.05, 4.69) is 15.5 Å². The van der Waals surface area contributed by atoms with Gasteiger partial charge in [0.05, 0.1) is 7.11 Å². The first-order valence-electron chi connectivity index (χ1n) is 8.56. The maximum absolute atomic E-state index is 12.5. The summed E-state index contributed by atoms with van der Waals surface area (Å²) in [5.41, 5.74) is 0.702. The van der Waals surface area contributed by atoms with Crippen molar-refractivity contribution in [2.45, 2.75) is 6.42 Å². The maximum atomic E-state index is 12.5. The molecule has 2 aromatic rings. The Balaban J connectivity index is 0.00000225. The molecule has 0 aromatic heterocycles. The highest BCUT2D eigenvalue weighted by molar-refractivity contribution is 6.08. The van der Waals surface area contributed by atoms with Crippen LogP contribution in [0.15, 0.2) is 36.4 Å². The lowest BCUT2D eigenvalue weighted by Crippen LogP contribution is -2.44. The molecule has 1 amide bonds. The summed E-state index contributed by atoms with van der Waals surface area (Å²) in [7, 11) is 1.65. The molecule has 0 saturated carbocycles. The standard InChI is InChI=1S/C19H25N3O2.ClH/c1-24-18-8-7-17(15-5-2-3-6-16(15)18)19(23)21-9-4-12-22-13-10-20-11-14-22;/h2-3,5-8,20H,4,9-14H2,1H3,(H,21,23);1H. The predicted octanol–water partition coefficient (Wildman–Crippen LogP) is 2.30. The number of carbonyl (C=O) groups excluding carboxylic acids is 1. The number of amides is 1. The second kappa shape index (κ2) is 9.61. The van der Waals surface area contributed by atoms with Crippen LogP contribution in [0.4, 0.5) is 0 Å². The van der Waals surface area contributed by atoms with E-state index < -0.39 is 0 Å². The molecule has 0 atom stereocenters. The van der Waals surface area contributed by atoms with Gasteiger partial charge in [-0.15, -0.1) is 12.4 Å². The first kappa shape index (κ1) is 19.5. The minimum atomic E-state index is -0.0193. The molecule has 1 aliphatic rings. The number of methoxy groups -OCH3 is 1. The van der Waals surface area contributed by atoms with Crippen molar-refractivity contribution in [2.24, 2.45) is 0 Å². The van der Waals surface area contributed by atoms with Gasteiger partial charge in [-0.25, -0.2) is 0 Å². The van der Waals surface area contributed by atoms with Gasteiger partial charge in [-0.3, -0.25) is 4.79 Å². The van der Waals surface area contributed by atoms with Crippen molar-refractivity contribution < 1.29 is 9.53 Å². The molecule has 2 aromatic carbocycles. The van der Waals surface area contributed by atoms with E-state index in [4.69, 9.17) is 4.74 Å². The highest BCUT2D eigenvalue weighted by Gasteiger charge is 2.13. The van der Waals surface area contributed by atoms with E-state index in [0.717, 1.165) is 55.7 Å². The lowest BCUT2D eigenvalue weighted by molar-refractivity contribution is 0.0953. The van der Waals surface area contributed by atoms with E-state index in [9.17, 15) is 4.79 Å². The third-order valence-corrected chi connectivity index (χ3v) is 4.49. The number of hydrogen-bond acceptors (Lipinski definition) is 4. The molecule has 2 N–H and O–H groups in total. The highest BCUT2D eigenvalue weighted by atomic mass is 35.5. The van der Waals surface area contributed by atoms with Gasteiger partial charge in [0, 0.05) is 43.7 Å². The van der Waals surface area contributed by atoms with Crippen LogP contribution < -0.4 is 15.4 Å². The van der Waals surface area contributed by atoms with E-state index in [1.165, 1.54) is 0 Å². The Labute approximate surface area is 155 Å². The van der Waals surface area contributed by atoms with Crippen molar-refractivity contribution in [1.29, 1.82) is 0 Å². The number of benzene rings is 2. The minimum absolute atomic E-state index is 0. The van der Waals surface area contributed by atoms with Crippen molar-refractivity contribution in [1.82, 2.24) is 15.5 Å². The second-order valence-electron chi connectivity index (χ2n) is 6.06. The van der Waals surface area contributed by atoms with Gasteiger partial charge in [-0.2, -0.15) is 0 Å². The molecule has 0 aliphatic carbocycles. The Morgan fingerprint density at radius 3 is 2.60 bits per heavy atom. The summed E-state index contributed by atoms with van der Waals surface area (Å²) < 4.78 is 5.39. The molecule has 25 heavy (non-hydrogen) atoms. The van der Waals surface area contributed by atoms with Crippen molar-refractivity contribution in [2.75, 3.05) is 46.4 Å². The van der Waals surface area contributed by atoms with E-state index in [1.807, 2.05) is 36.4 Å². The lowest BCUT2D eigenvalue weighted by Gasteiger charge is -2.27. The number of nitrogens with one attached hydrogen (secondary N) is 2. The summed E-state index contributed by atoms with van der Waals surface area (Å²) in [6.45, 7) is 6.04. The quantitative estimate of drug-likeness (QED) is 0.773. The molecule has 1 fully saturated rings. The number of halogens is 1. The summed E-state index contributed by atoms with van der Waals surface area (Å²) in [6.07, 6.45) is 0.972. The predicted molar refractivity (Wildman–Crippen MR) is 104 cm³/mol. The summed E-state index contributed by atoms with van der Waals surface area (Å²) in [5, 5.41) is 8.29. The molecule has 136 valence electrons. The third kappa shape index (κ3) is 4.84. The van der Waals surface area contributed by atoms with Gasteiger partial charge in [-0.05, 0) is 30.5 Å². The number of fused-ring (bicyclic) bond motifs is 1. The summed E-state index contributed by atoms with van der Waals surface area (Å²) in [6, 6.07) is 11.6. The number of piperazine rings is 1. The zero-order valence-electron chi connectivity index (χ0n) is 14.6. The first-order chi connectivity index (χ1) is 11.8. The van der Waals surface area contributed by atoms with E-state index in [-0.39, 0.29) is 18.3 Å². The zero-order valence-corrected chi connectivity index (χ0v) is 15.4. The smallest absolute Gasteiger partial charge is 0.251 e. The van der Waals surface area contributed by atoms with E-state index in [0.29, 0.717) is 12.1 Å². The van der Waals surface area contributed by atoms with Crippen molar-refractivity contribution in [3.8, 4) is 5.75 Å². The van der Waals surface area contributed by atoms with Gasteiger partial charge in [0.1, 0.15) is 5.75 Å². The molecular formula is C19H26ClN3O2. The Hall–Kier alpha value is -1.82. The molecule has 0 unspecified atom stereocenters. The van der Waals surface area contributed by atoms with Crippen LogP contribution in [0.3, 0.4) is 0 Å². The topological polar surface area (TPSA) is 53.6 Å². The van der Waals surface area contributed by atoms with Crippen LogP contribution in [-0.4, -0.2) is 57.2 Å². The first-order valence-corrected chi connectivity index (χ1v) is 8.56. The molecule has 6 heteroatoms. The third-order valence-electron chi connectivity index (χ3n) is 4.49. The number of nitrogens with zero attached hydrogens (tertiary/aromatic N) is 1. The van der Waals surface area contributed by atoms with Crippen LogP contribution in [0.1, 0.15) is 16.8 Å². The molecule has 3 rings (SSSR count). The molecule has 0 spiro atoms. The van der Waals surface area contributed by atoms with Gasteiger partial charge in [0.25, 0.3) is 5.91 Å². The average molecular weight is 364 g/mol. The van der Waals surface area contributed by atoms with Crippen LogP contribution in [0.25, 0.3) is 10.8 Å². The SMILES string of the molecule is COc1ccc(C(=O)NCCCN2CCNCC2)c2ccccc12.Cl. The molecule has 5 nitrogen and oxygen atoms in total. The molecule has 1 heterocycles. The fraction of sp³-hybridized carbons (Fsp3) is 0.421. The lowest BCUT2D eigenvalue weighted by atomic mass is 10.0. The largest absolute Gasteiger partial charge is 0.496 e. The van der Waals surface area contributed by atoms with Crippen LogP contribution >= 0.6 is 12.4 Å². The molecular weight excluding hydrogens is 338 g/mol. The highest BCUT2D eigenvalue weighted by Crippen LogP contribution is 2.28. The fourth-order valence-electron chi connectivity index (χ4n) is 3.18. The molecule has 0 bridgehead atoms. The van der Waals surface area contributed by atoms with Crippen molar-refractivity contribution >= 4 is 29.1 Å². The maximum Gasteiger partial charge on any atom is 0.251 e. The molecule has 0 radical (unpaired) electrons. The Morgan fingerprint density at radius 1 is 1.16 bits per heavy atom. The van der Waals surface area contributed by atoms with Crippen LogP contribution in [0.5, 0.6) is 5.75 Å². The molecule has 1 aliphatic heterocycles. The number of ether oxygens (including phenoxy) is 1. The Kier molecular flexibility index (Phi) is 7.50. The Morgan fingerprint density at radius 2 is 1.88 bits per heavy atom. The van der Waals surface area contributed by atoms with E-state index in [1.54, 1.807) is 7.11 Å². The van der Waals surface area contributed by atoms with Crippen LogP contribution in [0.2, 0.25) is 0 Å². The second-order valence-corrected chi connectivity index (χ2v) is 6.06. The average Bonchev–Trinajstić information content (AvgIpc) is 2.65. The fourth-order valence-corrected chi connectivity index (χ4v) is 3.18. The Bertz CT molecular complexity index is 702. The van der Waals surface area contributed by atoms with Gasteiger partial charge >= 0.3 is 0 Å². The number of rotatable bonds is 6. The molecule has 1 saturated heterocycles. The van der Waals surface area contributed by atoms with Gasteiger partial charge in [0.2, 0.25) is 0 Å². The minimum Gasteiger partial charge on any atom is -0.496 e. The van der Waals surface area contributed by atoms with Gasteiger partial charge in [-0.1, -0.05) is 24.3 Å². The monoisotopic (exact) mass is 363 g/mol. The van der Waals surface area contributed by atoms with Gasteiger partial charge in [0.15, 0.2) is 0 Å². The number of carbonyl (C=O) groups is 1. The van der Waals surface area contributed by atoms with Crippen LogP contribution in [0, 0.1) is 0 Å².